The first-order chi connectivity index (χ1) is 13.7. The highest BCUT2D eigenvalue weighted by Gasteiger charge is 2.23. The SMILES string of the molecule is Cc1cc(NC(=O)O)nc(NS(=O)(=O)c2sc(-c3ccc(C#N)cc3)nc2C)c1. The van der Waals surface area contributed by atoms with Gasteiger partial charge in [0.1, 0.15) is 16.6 Å². The van der Waals surface area contributed by atoms with E-state index < -0.39 is 16.1 Å². The van der Waals surface area contributed by atoms with Crippen LogP contribution in [-0.4, -0.2) is 29.6 Å². The number of thiazole rings is 1. The fourth-order valence-corrected chi connectivity index (χ4v) is 5.03. The number of aryl methyl sites for hydroxylation is 2. The van der Waals surface area contributed by atoms with Gasteiger partial charge in [-0.3, -0.25) is 10.0 Å². The molecular weight excluding hydrogens is 414 g/mol. The smallest absolute Gasteiger partial charge is 0.410 e. The molecule has 0 aliphatic rings. The van der Waals surface area contributed by atoms with Gasteiger partial charge < -0.3 is 5.11 Å². The van der Waals surface area contributed by atoms with Crippen LogP contribution in [0.5, 0.6) is 0 Å². The number of anilines is 2. The first kappa shape index (κ1) is 20.2. The maximum atomic E-state index is 12.9. The molecule has 0 atom stereocenters. The highest BCUT2D eigenvalue weighted by Crippen LogP contribution is 2.32. The summed E-state index contributed by atoms with van der Waals surface area (Å²) >= 11 is 0.989. The molecule has 0 saturated carbocycles. The lowest BCUT2D eigenvalue weighted by Gasteiger charge is -2.09. The van der Waals surface area contributed by atoms with E-state index in [1.54, 1.807) is 38.1 Å². The van der Waals surface area contributed by atoms with Crippen LogP contribution in [-0.2, 0) is 10.0 Å². The molecule has 2 heterocycles. The van der Waals surface area contributed by atoms with Crippen LogP contribution in [0.2, 0.25) is 0 Å². The molecule has 3 rings (SSSR count). The van der Waals surface area contributed by atoms with Crippen molar-refractivity contribution in [1.29, 1.82) is 5.26 Å². The molecule has 3 N–H and O–H groups in total. The van der Waals surface area contributed by atoms with Gasteiger partial charge in [-0.1, -0.05) is 12.1 Å². The molecule has 29 heavy (non-hydrogen) atoms. The quantitative estimate of drug-likeness (QED) is 0.562. The minimum absolute atomic E-state index is 0.00879. The Morgan fingerprint density at radius 3 is 2.41 bits per heavy atom. The van der Waals surface area contributed by atoms with Gasteiger partial charge in [0.05, 0.1) is 17.3 Å². The van der Waals surface area contributed by atoms with E-state index in [1.807, 2.05) is 6.07 Å². The molecule has 0 unspecified atom stereocenters. The van der Waals surface area contributed by atoms with Gasteiger partial charge in [-0.15, -0.1) is 11.3 Å². The summed E-state index contributed by atoms with van der Waals surface area (Å²) in [6.07, 6.45) is -1.30. The van der Waals surface area contributed by atoms with Gasteiger partial charge in [0, 0.05) is 5.56 Å². The summed E-state index contributed by atoms with van der Waals surface area (Å²) in [5, 5.41) is 20.3. The second-order valence-corrected chi connectivity index (χ2v) is 8.91. The van der Waals surface area contributed by atoms with E-state index >= 15 is 0 Å². The summed E-state index contributed by atoms with van der Waals surface area (Å²) in [6, 6.07) is 11.7. The van der Waals surface area contributed by atoms with Crippen LogP contribution in [0.4, 0.5) is 16.4 Å². The number of benzene rings is 1. The van der Waals surface area contributed by atoms with Crippen LogP contribution >= 0.6 is 11.3 Å². The van der Waals surface area contributed by atoms with Crippen molar-refractivity contribution in [3.63, 3.8) is 0 Å². The molecule has 0 spiro atoms. The molecule has 0 fully saturated rings. The van der Waals surface area contributed by atoms with Crippen molar-refractivity contribution in [2.24, 2.45) is 0 Å². The number of nitrogens with zero attached hydrogens (tertiary/aromatic N) is 3. The average molecular weight is 429 g/mol. The zero-order valence-corrected chi connectivity index (χ0v) is 16.9. The Morgan fingerprint density at radius 1 is 1.14 bits per heavy atom. The molecule has 0 saturated heterocycles. The van der Waals surface area contributed by atoms with Crippen molar-refractivity contribution in [2.45, 2.75) is 18.1 Å². The summed E-state index contributed by atoms with van der Waals surface area (Å²) in [5.41, 5.74) is 2.13. The van der Waals surface area contributed by atoms with Crippen LogP contribution in [0.1, 0.15) is 16.8 Å². The number of carboxylic acid groups (broad SMARTS) is 1. The number of sulfonamides is 1. The van der Waals surface area contributed by atoms with Gasteiger partial charge in [-0.2, -0.15) is 5.26 Å². The predicted molar refractivity (Wildman–Crippen MR) is 108 cm³/mol. The van der Waals surface area contributed by atoms with Crippen LogP contribution in [0.3, 0.4) is 0 Å². The van der Waals surface area contributed by atoms with E-state index in [0.29, 0.717) is 27.4 Å². The molecule has 0 aliphatic carbocycles. The highest BCUT2D eigenvalue weighted by molar-refractivity contribution is 7.94. The van der Waals surface area contributed by atoms with Gasteiger partial charge in [0.25, 0.3) is 10.0 Å². The largest absolute Gasteiger partial charge is 0.465 e. The first-order valence-electron chi connectivity index (χ1n) is 8.17. The molecule has 148 valence electrons. The van der Waals surface area contributed by atoms with Gasteiger partial charge in [-0.05, 0) is 43.7 Å². The molecule has 0 aliphatic heterocycles. The lowest BCUT2D eigenvalue weighted by molar-refractivity contribution is 0.209. The molecule has 11 heteroatoms. The van der Waals surface area contributed by atoms with Gasteiger partial charge in [0.15, 0.2) is 4.21 Å². The minimum atomic E-state index is -3.99. The van der Waals surface area contributed by atoms with E-state index in [1.165, 1.54) is 12.1 Å². The third kappa shape index (κ3) is 4.68. The summed E-state index contributed by atoms with van der Waals surface area (Å²) in [4.78, 5) is 19.1. The Hall–Kier alpha value is -3.49. The summed E-state index contributed by atoms with van der Waals surface area (Å²) in [5.74, 6) is -0.00373. The number of nitriles is 1. The molecular formula is C18H15N5O4S2. The van der Waals surface area contributed by atoms with Crippen LogP contribution in [0.15, 0.2) is 40.6 Å². The molecule has 9 nitrogen and oxygen atoms in total. The van der Waals surface area contributed by atoms with E-state index in [2.05, 4.69) is 20.0 Å². The van der Waals surface area contributed by atoms with Crippen molar-refractivity contribution in [2.75, 3.05) is 10.0 Å². The Bertz CT molecular complexity index is 1230. The molecule has 2 aromatic heterocycles. The van der Waals surface area contributed by atoms with Crippen molar-refractivity contribution in [3.8, 4) is 16.6 Å². The zero-order valence-electron chi connectivity index (χ0n) is 15.3. The standard InChI is InChI=1S/C18H15N5O4S2/c1-10-7-14(22-18(24)25)21-15(8-10)23-29(26,27)17-11(2)20-16(28-17)13-5-3-12(9-19)4-6-13/h3-8H,1-2H3,(H,24,25)(H2,21,22,23). The molecule has 3 aromatic rings. The van der Waals surface area contributed by atoms with Crippen LogP contribution < -0.4 is 10.0 Å². The van der Waals surface area contributed by atoms with Crippen molar-refractivity contribution in [1.82, 2.24) is 9.97 Å². The van der Waals surface area contributed by atoms with Gasteiger partial charge in [-0.25, -0.2) is 23.2 Å². The molecule has 1 amide bonds. The number of aromatic nitrogens is 2. The third-order valence-electron chi connectivity index (χ3n) is 3.70. The van der Waals surface area contributed by atoms with E-state index in [0.717, 1.165) is 11.3 Å². The van der Waals surface area contributed by atoms with Gasteiger partial charge in [0.2, 0.25) is 0 Å². The second kappa shape index (κ2) is 7.86. The lowest BCUT2D eigenvalue weighted by Crippen LogP contribution is -2.15. The number of rotatable bonds is 5. The predicted octanol–water partition coefficient (Wildman–Crippen LogP) is 3.58. The minimum Gasteiger partial charge on any atom is -0.465 e. The van der Waals surface area contributed by atoms with Crippen molar-refractivity contribution >= 4 is 39.1 Å². The number of nitrogens with one attached hydrogen (secondary N) is 2. The number of amides is 1. The number of carbonyl (C=O) groups is 1. The van der Waals surface area contributed by atoms with Crippen molar-refractivity contribution in [3.05, 3.63) is 53.2 Å². The Morgan fingerprint density at radius 2 is 1.79 bits per heavy atom. The number of hydrogen-bond donors (Lipinski definition) is 3. The van der Waals surface area contributed by atoms with Gasteiger partial charge >= 0.3 is 6.09 Å². The number of hydrogen-bond acceptors (Lipinski definition) is 7. The Labute approximate surface area is 170 Å². The lowest BCUT2D eigenvalue weighted by atomic mass is 10.1. The second-order valence-electron chi connectivity index (χ2n) is 6.03. The normalized spacial score (nSPS) is 10.9. The summed E-state index contributed by atoms with van der Waals surface area (Å²) in [7, 11) is -3.99. The highest BCUT2D eigenvalue weighted by atomic mass is 32.2. The third-order valence-corrected chi connectivity index (χ3v) is 6.87. The monoisotopic (exact) mass is 429 g/mol. The fourth-order valence-electron chi connectivity index (χ4n) is 2.52. The fraction of sp³-hybridized carbons (Fsp3) is 0.111. The molecule has 0 radical (unpaired) electrons. The number of pyridine rings is 1. The summed E-state index contributed by atoms with van der Waals surface area (Å²) < 4.78 is 28.1. The van der Waals surface area contributed by atoms with E-state index in [9.17, 15) is 13.2 Å². The maximum absolute atomic E-state index is 12.9. The van der Waals surface area contributed by atoms with E-state index in [4.69, 9.17) is 10.4 Å². The molecule has 1 aromatic carbocycles. The zero-order chi connectivity index (χ0) is 21.2. The Balaban J connectivity index is 1.92. The maximum Gasteiger partial charge on any atom is 0.410 e. The molecule has 0 bridgehead atoms. The van der Waals surface area contributed by atoms with Crippen LogP contribution in [0, 0.1) is 25.2 Å². The van der Waals surface area contributed by atoms with E-state index in [-0.39, 0.29) is 15.8 Å². The average Bonchev–Trinajstić information content (AvgIpc) is 3.03. The summed E-state index contributed by atoms with van der Waals surface area (Å²) in [6.45, 7) is 3.27. The van der Waals surface area contributed by atoms with Crippen LogP contribution in [0.25, 0.3) is 10.6 Å². The topological polar surface area (TPSA) is 145 Å². The van der Waals surface area contributed by atoms with Crippen molar-refractivity contribution < 1.29 is 18.3 Å². The first-order valence-corrected chi connectivity index (χ1v) is 10.5. The Kier molecular flexibility index (Phi) is 5.49.